The summed E-state index contributed by atoms with van der Waals surface area (Å²) >= 11 is 0. The largest absolute Gasteiger partial charge is 0.484 e. The number of hydrogen-bond donors (Lipinski definition) is 1. The first-order chi connectivity index (χ1) is 10.9. The molecule has 0 aliphatic carbocycles. The first-order valence-corrected chi connectivity index (χ1v) is 8.11. The molecular formula is C17H26N2O4. The summed E-state index contributed by atoms with van der Waals surface area (Å²) in [5.41, 5.74) is 0.555. The predicted molar refractivity (Wildman–Crippen MR) is 89.7 cm³/mol. The summed E-state index contributed by atoms with van der Waals surface area (Å²) in [5.74, 6) is 0.280. The van der Waals surface area contributed by atoms with Crippen molar-refractivity contribution in [2.24, 2.45) is 0 Å². The van der Waals surface area contributed by atoms with Crippen molar-refractivity contribution in [3.05, 3.63) is 33.9 Å². The van der Waals surface area contributed by atoms with Gasteiger partial charge >= 0.3 is 0 Å². The van der Waals surface area contributed by atoms with E-state index in [4.69, 9.17) is 4.74 Å². The second-order valence-electron chi connectivity index (χ2n) is 5.81. The van der Waals surface area contributed by atoms with Crippen molar-refractivity contribution in [1.82, 2.24) is 5.32 Å². The molecule has 1 N–H and O–H groups in total. The van der Waals surface area contributed by atoms with E-state index in [0.29, 0.717) is 11.3 Å². The Labute approximate surface area is 137 Å². The molecule has 0 fully saturated rings. The maximum Gasteiger partial charge on any atom is 0.272 e. The molecule has 0 aromatic heterocycles. The number of amides is 1. The summed E-state index contributed by atoms with van der Waals surface area (Å²) in [7, 11) is 0. The van der Waals surface area contributed by atoms with Crippen LogP contribution in [0.3, 0.4) is 0 Å². The molecule has 0 aliphatic heterocycles. The smallest absolute Gasteiger partial charge is 0.272 e. The SMILES string of the molecule is CCCCCC[C@@H](C)NC(=O)COc1ccc([N+](=O)[O-])c(C)c1. The van der Waals surface area contributed by atoms with Crippen molar-refractivity contribution in [1.29, 1.82) is 0 Å². The van der Waals surface area contributed by atoms with E-state index in [-0.39, 0.29) is 24.2 Å². The lowest BCUT2D eigenvalue weighted by Gasteiger charge is -2.14. The number of nitro benzene ring substituents is 1. The number of nitro groups is 1. The average Bonchev–Trinajstić information content (AvgIpc) is 2.49. The van der Waals surface area contributed by atoms with Crippen LogP contribution in [0.25, 0.3) is 0 Å². The average molecular weight is 322 g/mol. The van der Waals surface area contributed by atoms with Crippen molar-refractivity contribution in [2.45, 2.75) is 58.9 Å². The fourth-order valence-corrected chi connectivity index (χ4v) is 2.34. The fourth-order valence-electron chi connectivity index (χ4n) is 2.34. The van der Waals surface area contributed by atoms with Crippen molar-refractivity contribution in [2.75, 3.05) is 6.61 Å². The monoisotopic (exact) mass is 322 g/mol. The number of rotatable bonds is 10. The molecule has 1 rings (SSSR count). The molecule has 0 heterocycles. The zero-order valence-electron chi connectivity index (χ0n) is 14.1. The fraction of sp³-hybridized carbons (Fsp3) is 0.588. The molecule has 1 aromatic carbocycles. The van der Waals surface area contributed by atoms with E-state index in [0.717, 1.165) is 12.8 Å². The molecule has 0 spiro atoms. The van der Waals surface area contributed by atoms with E-state index in [1.165, 1.54) is 31.4 Å². The summed E-state index contributed by atoms with van der Waals surface area (Å²) in [6, 6.07) is 4.59. The molecular weight excluding hydrogens is 296 g/mol. The third kappa shape index (κ3) is 7.13. The molecule has 6 heteroatoms. The minimum Gasteiger partial charge on any atom is -0.484 e. The first kappa shape index (κ1) is 18.9. The maximum absolute atomic E-state index is 11.8. The molecule has 1 atom stereocenters. The Kier molecular flexibility index (Phi) is 8.08. The lowest BCUT2D eigenvalue weighted by atomic mass is 10.1. The number of benzene rings is 1. The van der Waals surface area contributed by atoms with Crippen molar-refractivity contribution >= 4 is 11.6 Å². The molecule has 0 unspecified atom stereocenters. The van der Waals surface area contributed by atoms with E-state index in [2.05, 4.69) is 12.2 Å². The highest BCUT2D eigenvalue weighted by atomic mass is 16.6. The van der Waals surface area contributed by atoms with E-state index < -0.39 is 4.92 Å². The lowest BCUT2D eigenvalue weighted by molar-refractivity contribution is -0.385. The molecule has 1 aromatic rings. The third-order valence-corrected chi connectivity index (χ3v) is 3.63. The van der Waals surface area contributed by atoms with Crippen molar-refractivity contribution in [3.63, 3.8) is 0 Å². The number of nitrogens with zero attached hydrogens (tertiary/aromatic N) is 1. The summed E-state index contributed by atoms with van der Waals surface area (Å²) in [5, 5.41) is 13.6. The Balaban J connectivity index is 2.35. The van der Waals surface area contributed by atoms with E-state index in [9.17, 15) is 14.9 Å². The van der Waals surface area contributed by atoms with Gasteiger partial charge in [0.25, 0.3) is 11.6 Å². The molecule has 0 saturated carbocycles. The number of carbonyl (C=O) groups excluding carboxylic acids is 1. The molecule has 0 radical (unpaired) electrons. The molecule has 0 bridgehead atoms. The van der Waals surface area contributed by atoms with Crippen LogP contribution in [0.4, 0.5) is 5.69 Å². The van der Waals surface area contributed by atoms with Gasteiger partial charge in [-0.3, -0.25) is 14.9 Å². The zero-order valence-corrected chi connectivity index (χ0v) is 14.1. The molecule has 23 heavy (non-hydrogen) atoms. The topological polar surface area (TPSA) is 81.5 Å². The van der Waals surface area contributed by atoms with Crippen molar-refractivity contribution < 1.29 is 14.5 Å². The van der Waals surface area contributed by atoms with Crippen molar-refractivity contribution in [3.8, 4) is 5.75 Å². The standard InChI is InChI=1S/C17H26N2O4/c1-4-5-6-7-8-14(3)18-17(20)12-23-15-9-10-16(19(21)22)13(2)11-15/h9-11,14H,4-8,12H2,1-3H3,(H,18,20)/t14-/m1/s1. The van der Waals surface area contributed by atoms with Crippen LogP contribution >= 0.6 is 0 Å². The molecule has 128 valence electrons. The zero-order chi connectivity index (χ0) is 17.2. The van der Waals surface area contributed by atoms with Gasteiger partial charge in [-0.05, 0) is 32.4 Å². The number of nitrogens with one attached hydrogen (secondary N) is 1. The van der Waals surface area contributed by atoms with E-state index in [1.807, 2.05) is 6.92 Å². The summed E-state index contributed by atoms with van der Waals surface area (Å²) in [6.07, 6.45) is 5.68. The number of hydrogen-bond acceptors (Lipinski definition) is 4. The van der Waals surface area contributed by atoms with Crippen LogP contribution in [0.15, 0.2) is 18.2 Å². The van der Waals surface area contributed by atoms with Gasteiger partial charge < -0.3 is 10.1 Å². The number of aryl methyl sites for hydroxylation is 1. The van der Waals surface area contributed by atoms with Gasteiger partial charge in [0.2, 0.25) is 0 Å². The van der Waals surface area contributed by atoms with E-state index in [1.54, 1.807) is 13.0 Å². The highest BCUT2D eigenvalue weighted by Gasteiger charge is 2.12. The first-order valence-electron chi connectivity index (χ1n) is 8.11. The molecule has 0 saturated heterocycles. The van der Waals surface area contributed by atoms with Crippen LogP contribution in [-0.4, -0.2) is 23.5 Å². The number of carbonyl (C=O) groups is 1. The Bertz CT molecular complexity index is 531. The summed E-state index contributed by atoms with van der Waals surface area (Å²) in [4.78, 5) is 22.1. The second-order valence-corrected chi connectivity index (χ2v) is 5.81. The van der Waals surface area contributed by atoms with Crippen LogP contribution in [0.2, 0.25) is 0 Å². The highest BCUT2D eigenvalue weighted by Crippen LogP contribution is 2.22. The summed E-state index contributed by atoms with van der Waals surface area (Å²) in [6.45, 7) is 5.71. The van der Waals surface area contributed by atoms with Gasteiger partial charge in [0, 0.05) is 17.7 Å². The number of ether oxygens (including phenoxy) is 1. The van der Waals surface area contributed by atoms with Crippen LogP contribution in [0, 0.1) is 17.0 Å². The molecule has 1 amide bonds. The minimum absolute atomic E-state index is 0.0440. The van der Waals surface area contributed by atoms with Gasteiger partial charge in [-0.1, -0.05) is 32.6 Å². The van der Waals surface area contributed by atoms with Gasteiger partial charge in [0.15, 0.2) is 6.61 Å². The Hall–Kier alpha value is -2.11. The highest BCUT2D eigenvalue weighted by molar-refractivity contribution is 5.77. The van der Waals surface area contributed by atoms with Crippen LogP contribution in [-0.2, 0) is 4.79 Å². The van der Waals surface area contributed by atoms with Gasteiger partial charge in [-0.2, -0.15) is 0 Å². The predicted octanol–water partition coefficient (Wildman–Crippen LogP) is 3.76. The lowest BCUT2D eigenvalue weighted by Crippen LogP contribution is -2.36. The van der Waals surface area contributed by atoms with Gasteiger partial charge in [-0.25, -0.2) is 0 Å². The van der Waals surface area contributed by atoms with Gasteiger partial charge in [0.05, 0.1) is 4.92 Å². The molecule has 0 aliphatic rings. The second kappa shape index (κ2) is 9.82. The number of unbranched alkanes of at least 4 members (excludes halogenated alkanes) is 3. The van der Waals surface area contributed by atoms with Gasteiger partial charge in [-0.15, -0.1) is 0 Å². The minimum atomic E-state index is -0.438. The normalized spacial score (nSPS) is 11.8. The van der Waals surface area contributed by atoms with E-state index >= 15 is 0 Å². The third-order valence-electron chi connectivity index (χ3n) is 3.63. The maximum atomic E-state index is 11.8. The van der Waals surface area contributed by atoms with Gasteiger partial charge in [0.1, 0.15) is 5.75 Å². The molecule has 6 nitrogen and oxygen atoms in total. The van der Waals surface area contributed by atoms with Crippen LogP contribution in [0.1, 0.15) is 51.5 Å². The van der Waals surface area contributed by atoms with Crippen LogP contribution in [0.5, 0.6) is 5.75 Å². The summed E-state index contributed by atoms with van der Waals surface area (Å²) < 4.78 is 5.39. The Morgan fingerprint density at radius 1 is 1.35 bits per heavy atom. The van der Waals surface area contributed by atoms with Crippen LogP contribution < -0.4 is 10.1 Å². The quantitative estimate of drug-likeness (QED) is 0.404. The Morgan fingerprint density at radius 2 is 2.09 bits per heavy atom. The Morgan fingerprint density at radius 3 is 2.70 bits per heavy atom.